The van der Waals surface area contributed by atoms with Crippen LogP contribution < -0.4 is 10.6 Å². The molecule has 0 radical (unpaired) electrons. The summed E-state index contributed by atoms with van der Waals surface area (Å²) in [5, 5.41) is 21.1. The molecule has 3 N–H and O–H groups in total. The van der Waals surface area contributed by atoms with Crippen LogP contribution in [0.15, 0.2) is 54.6 Å². The Labute approximate surface area is 200 Å². The van der Waals surface area contributed by atoms with Gasteiger partial charge in [-0.25, -0.2) is 4.79 Å². The third kappa shape index (κ3) is 5.65. The van der Waals surface area contributed by atoms with Crippen LogP contribution in [0.4, 0.5) is 10.5 Å². The summed E-state index contributed by atoms with van der Waals surface area (Å²) in [5.74, 6) is 0.430. The van der Waals surface area contributed by atoms with E-state index in [4.69, 9.17) is 0 Å². The zero-order valence-electron chi connectivity index (χ0n) is 19.8. The van der Waals surface area contributed by atoms with Gasteiger partial charge in [0, 0.05) is 36.2 Å². The van der Waals surface area contributed by atoms with Crippen molar-refractivity contribution in [3.8, 4) is 17.0 Å². The molecule has 0 atom stereocenters. The van der Waals surface area contributed by atoms with Gasteiger partial charge in [0.2, 0.25) is 5.91 Å². The third-order valence-electron chi connectivity index (χ3n) is 6.14. The number of phenolic OH excluding ortho intramolecular Hbond substituents is 1. The van der Waals surface area contributed by atoms with E-state index < -0.39 is 0 Å². The lowest BCUT2D eigenvalue weighted by Crippen LogP contribution is -2.30. The van der Waals surface area contributed by atoms with Gasteiger partial charge in [-0.1, -0.05) is 57.0 Å². The fourth-order valence-corrected chi connectivity index (χ4v) is 4.46. The van der Waals surface area contributed by atoms with E-state index in [1.165, 1.54) is 10.7 Å². The van der Waals surface area contributed by atoms with Crippen LogP contribution in [0.5, 0.6) is 5.75 Å². The SMILES string of the molecule is CC(C)CC(=O)Nc1ccc(-c2cc(C3CCCC3)n(C(=O)NCc3ccccc3)n2)c(O)c1. The Balaban J connectivity index is 1.57. The lowest BCUT2D eigenvalue weighted by molar-refractivity contribution is -0.116. The molecule has 1 aliphatic carbocycles. The summed E-state index contributed by atoms with van der Waals surface area (Å²) >= 11 is 0. The van der Waals surface area contributed by atoms with Gasteiger partial charge in [-0.2, -0.15) is 9.78 Å². The minimum absolute atomic E-state index is 0.00895. The molecule has 0 bridgehead atoms. The van der Waals surface area contributed by atoms with Crippen LogP contribution in [0.3, 0.4) is 0 Å². The van der Waals surface area contributed by atoms with Crippen molar-refractivity contribution in [3.63, 3.8) is 0 Å². The van der Waals surface area contributed by atoms with E-state index in [1.54, 1.807) is 12.1 Å². The summed E-state index contributed by atoms with van der Waals surface area (Å²) < 4.78 is 1.45. The van der Waals surface area contributed by atoms with Crippen LogP contribution in [0.2, 0.25) is 0 Å². The van der Waals surface area contributed by atoms with Crippen molar-refractivity contribution < 1.29 is 14.7 Å². The van der Waals surface area contributed by atoms with E-state index >= 15 is 0 Å². The fourth-order valence-electron chi connectivity index (χ4n) is 4.46. The van der Waals surface area contributed by atoms with Crippen LogP contribution in [0.1, 0.15) is 63.1 Å². The van der Waals surface area contributed by atoms with Gasteiger partial charge < -0.3 is 15.7 Å². The number of hydrogen-bond donors (Lipinski definition) is 3. The Morgan fingerprint density at radius 3 is 2.50 bits per heavy atom. The number of aromatic nitrogens is 2. The predicted octanol–water partition coefficient (Wildman–Crippen LogP) is 5.66. The normalized spacial score (nSPS) is 13.9. The lowest BCUT2D eigenvalue weighted by Gasteiger charge is -2.12. The van der Waals surface area contributed by atoms with E-state index in [0.29, 0.717) is 29.9 Å². The average Bonchev–Trinajstić information content (AvgIpc) is 3.48. The molecule has 0 unspecified atom stereocenters. The van der Waals surface area contributed by atoms with Crippen molar-refractivity contribution in [3.05, 3.63) is 65.9 Å². The first-order chi connectivity index (χ1) is 16.4. The Kier molecular flexibility index (Phi) is 7.30. The third-order valence-corrected chi connectivity index (χ3v) is 6.14. The number of phenols is 1. The highest BCUT2D eigenvalue weighted by molar-refractivity contribution is 5.91. The van der Waals surface area contributed by atoms with Crippen molar-refractivity contribution >= 4 is 17.6 Å². The smallest absolute Gasteiger partial charge is 0.342 e. The number of carbonyl (C=O) groups is 2. The molecular formula is C27H32N4O3. The van der Waals surface area contributed by atoms with E-state index in [1.807, 2.05) is 50.2 Å². The van der Waals surface area contributed by atoms with Gasteiger partial charge in [-0.15, -0.1) is 0 Å². The minimum Gasteiger partial charge on any atom is -0.507 e. The highest BCUT2D eigenvalue weighted by Crippen LogP contribution is 2.38. The number of aromatic hydroxyl groups is 1. The second-order valence-corrected chi connectivity index (χ2v) is 9.37. The molecule has 1 heterocycles. The molecule has 1 aliphatic rings. The van der Waals surface area contributed by atoms with Crippen LogP contribution in [0, 0.1) is 5.92 Å². The predicted molar refractivity (Wildman–Crippen MR) is 133 cm³/mol. The lowest BCUT2D eigenvalue weighted by atomic mass is 10.0. The number of anilines is 1. The second-order valence-electron chi connectivity index (χ2n) is 9.37. The number of benzene rings is 2. The first-order valence-electron chi connectivity index (χ1n) is 12.0. The van der Waals surface area contributed by atoms with Gasteiger partial charge in [-0.05, 0) is 42.5 Å². The van der Waals surface area contributed by atoms with Gasteiger partial charge in [0.25, 0.3) is 0 Å². The van der Waals surface area contributed by atoms with Gasteiger partial charge in [0.15, 0.2) is 0 Å². The zero-order chi connectivity index (χ0) is 24.1. The van der Waals surface area contributed by atoms with Crippen molar-refractivity contribution in [1.29, 1.82) is 0 Å². The first-order valence-corrected chi connectivity index (χ1v) is 12.0. The molecule has 7 heteroatoms. The molecule has 0 aliphatic heterocycles. The maximum absolute atomic E-state index is 13.1. The number of hydrogen-bond acceptors (Lipinski definition) is 4. The van der Waals surface area contributed by atoms with Crippen LogP contribution >= 0.6 is 0 Å². The highest BCUT2D eigenvalue weighted by atomic mass is 16.3. The molecule has 4 rings (SSSR count). The summed E-state index contributed by atoms with van der Waals surface area (Å²) in [6.45, 7) is 4.37. The molecule has 3 aromatic rings. The second kappa shape index (κ2) is 10.5. The van der Waals surface area contributed by atoms with Crippen LogP contribution in [-0.4, -0.2) is 26.8 Å². The van der Waals surface area contributed by atoms with E-state index in [0.717, 1.165) is 36.9 Å². The molecule has 1 saturated carbocycles. The topological polar surface area (TPSA) is 96.3 Å². The summed E-state index contributed by atoms with van der Waals surface area (Å²) in [5.41, 5.74) is 3.47. The van der Waals surface area contributed by atoms with E-state index in [9.17, 15) is 14.7 Å². The van der Waals surface area contributed by atoms with Crippen molar-refractivity contribution in [2.45, 2.75) is 58.4 Å². The summed E-state index contributed by atoms with van der Waals surface area (Å²) in [4.78, 5) is 25.1. The van der Waals surface area contributed by atoms with E-state index in [2.05, 4.69) is 15.7 Å². The minimum atomic E-state index is -0.283. The van der Waals surface area contributed by atoms with Gasteiger partial charge in [-0.3, -0.25) is 4.79 Å². The van der Waals surface area contributed by atoms with E-state index in [-0.39, 0.29) is 29.5 Å². The van der Waals surface area contributed by atoms with Gasteiger partial charge in [0.1, 0.15) is 5.75 Å². The fraction of sp³-hybridized carbons (Fsp3) is 0.370. The molecule has 0 saturated heterocycles. The van der Waals surface area contributed by atoms with Crippen LogP contribution in [0.25, 0.3) is 11.3 Å². The quantitative estimate of drug-likeness (QED) is 0.424. The maximum Gasteiger partial charge on any atom is 0.342 e. The van der Waals surface area contributed by atoms with Crippen molar-refractivity contribution in [1.82, 2.24) is 15.1 Å². The Morgan fingerprint density at radius 1 is 1.09 bits per heavy atom. The molecular weight excluding hydrogens is 428 g/mol. The first kappa shape index (κ1) is 23.5. The summed E-state index contributed by atoms with van der Waals surface area (Å²) in [6.07, 6.45) is 4.71. The summed E-state index contributed by atoms with van der Waals surface area (Å²) in [6, 6.07) is 16.4. The monoisotopic (exact) mass is 460 g/mol. The molecule has 34 heavy (non-hydrogen) atoms. The highest BCUT2D eigenvalue weighted by Gasteiger charge is 2.26. The van der Waals surface area contributed by atoms with Crippen molar-refractivity contribution in [2.75, 3.05) is 5.32 Å². The molecule has 0 spiro atoms. The standard InChI is InChI=1S/C27H32N4O3/c1-18(2)14-26(33)29-21-12-13-22(25(32)15-21)23-16-24(20-10-6-7-11-20)31(30-23)27(34)28-17-19-8-4-3-5-9-19/h3-5,8-9,12-13,15-16,18,20,32H,6-7,10-11,14,17H2,1-2H3,(H,28,34)(H,29,33). The van der Waals surface area contributed by atoms with Gasteiger partial charge in [0.05, 0.1) is 11.4 Å². The van der Waals surface area contributed by atoms with Gasteiger partial charge >= 0.3 is 6.03 Å². The maximum atomic E-state index is 13.1. The molecule has 178 valence electrons. The molecule has 7 nitrogen and oxygen atoms in total. The molecule has 2 amide bonds. The Morgan fingerprint density at radius 2 is 1.82 bits per heavy atom. The average molecular weight is 461 g/mol. The largest absolute Gasteiger partial charge is 0.507 e. The number of carbonyl (C=O) groups excluding carboxylic acids is 2. The van der Waals surface area contributed by atoms with Crippen molar-refractivity contribution in [2.24, 2.45) is 5.92 Å². The number of amides is 2. The number of nitrogens with one attached hydrogen (secondary N) is 2. The molecule has 2 aromatic carbocycles. The Bertz CT molecular complexity index is 1150. The molecule has 1 fully saturated rings. The number of nitrogens with zero attached hydrogens (tertiary/aromatic N) is 2. The number of rotatable bonds is 7. The summed E-state index contributed by atoms with van der Waals surface area (Å²) in [7, 11) is 0. The zero-order valence-corrected chi connectivity index (χ0v) is 19.8. The molecule has 1 aromatic heterocycles. The van der Waals surface area contributed by atoms with Crippen LogP contribution in [-0.2, 0) is 11.3 Å². The Hall–Kier alpha value is -3.61.